The molecule has 0 heterocycles. The van der Waals surface area contributed by atoms with E-state index < -0.39 is 0 Å². The van der Waals surface area contributed by atoms with Gasteiger partial charge in [0.15, 0.2) is 0 Å². The van der Waals surface area contributed by atoms with Gasteiger partial charge in [0, 0.05) is 6.92 Å². The maximum atomic E-state index is 11.5. The zero-order chi connectivity index (χ0) is 24.0. The van der Waals surface area contributed by atoms with Gasteiger partial charge < -0.3 is 4.74 Å². The summed E-state index contributed by atoms with van der Waals surface area (Å²) in [4.78, 5) is 11.5. The van der Waals surface area contributed by atoms with Crippen LogP contribution in [0.15, 0.2) is 34.9 Å². The molecule has 0 amide bonds. The fourth-order valence-electron chi connectivity index (χ4n) is 8.52. The molecule has 4 rings (SSSR count). The Morgan fingerprint density at radius 3 is 2.61 bits per heavy atom. The van der Waals surface area contributed by atoms with Gasteiger partial charge in [-0.1, -0.05) is 64.0 Å². The average Bonchev–Trinajstić information content (AvgIpc) is 3.11. The smallest absolute Gasteiger partial charge is 0.302 e. The molecule has 4 aliphatic carbocycles. The van der Waals surface area contributed by atoms with E-state index in [2.05, 4.69) is 59.8 Å². The van der Waals surface area contributed by atoms with Gasteiger partial charge in [-0.05, 0) is 111 Å². The number of allylic oxidation sites excluding steroid dienone is 6. The molecule has 7 atom stereocenters. The highest BCUT2D eigenvalue weighted by atomic mass is 16.5. The first-order valence-corrected chi connectivity index (χ1v) is 13.8. The van der Waals surface area contributed by atoms with Crippen LogP contribution in [-0.2, 0) is 9.53 Å². The first-order valence-electron chi connectivity index (χ1n) is 13.8. The van der Waals surface area contributed by atoms with E-state index in [-0.39, 0.29) is 12.1 Å². The second-order valence-corrected chi connectivity index (χ2v) is 12.6. The summed E-state index contributed by atoms with van der Waals surface area (Å²) in [7, 11) is 0. The summed E-state index contributed by atoms with van der Waals surface area (Å²) in [6.45, 7) is 16.1. The minimum Gasteiger partial charge on any atom is -0.463 e. The second-order valence-electron chi connectivity index (χ2n) is 12.6. The Kier molecular flexibility index (Phi) is 7.05. The molecule has 0 spiro atoms. The summed E-state index contributed by atoms with van der Waals surface area (Å²) in [6.07, 6.45) is 18.7. The lowest BCUT2D eigenvalue weighted by Crippen LogP contribution is -2.48. The van der Waals surface area contributed by atoms with Gasteiger partial charge in [-0.25, -0.2) is 0 Å². The molecule has 0 unspecified atom stereocenters. The van der Waals surface area contributed by atoms with E-state index in [1.165, 1.54) is 44.9 Å². The van der Waals surface area contributed by atoms with Crippen LogP contribution in [0.25, 0.3) is 0 Å². The number of esters is 1. The number of carbonyl (C=O) groups excluding carboxylic acids is 1. The molecule has 2 fully saturated rings. The molecular weight excluding hydrogens is 404 g/mol. The van der Waals surface area contributed by atoms with Crippen LogP contribution >= 0.6 is 0 Å². The first-order chi connectivity index (χ1) is 15.6. The summed E-state index contributed by atoms with van der Waals surface area (Å²) in [5.74, 6) is 3.38. The van der Waals surface area contributed by atoms with Gasteiger partial charge in [-0.15, -0.1) is 0 Å². The molecule has 33 heavy (non-hydrogen) atoms. The van der Waals surface area contributed by atoms with Crippen molar-refractivity contribution in [2.24, 2.45) is 40.4 Å². The van der Waals surface area contributed by atoms with Crippen molar-refractivity contribution in [1.29, 1.82) is 0 Å². The van der Waals surface area contributed by atoms with Crippen molar-refractivity contribution in [3.63, 3.8) is 0 Å². The maximum absolute atomic E-state index is 11.5. The minimum atomic E-state index is -0.109. The van der Waals surface area contributed by atoms with Crippen LogP contribution in [0.1, 0.15) is 106 Å². The van der Waals surface area contributed by atoms with E-state index >= 15 is 0 Å². The molecule has 184 valence electrons. The minimum absolute atomic E-state index is 0.109. The third-order valence-corrected chi connectivity index (χ3v) is 10.5. The lowest BCUT2D eigenvalue weighted by Gasteiger charge is -2.57. The van der Waals surface area contributed by atoms with Gasteiger partial charge in [0.25, 0.3) is 0 Å². The number of rotatable bonds is 6. The molecule has 0 aliphatic heterocycles. The van der Waals surface area contributed by atoms with Crippen molar-refractivity contribution >= 4 is 5.97 Å². The van der Waals surface area contributed by atoms with Crippen LogP contribution in [0.2, 0.25) is 0 Å². The van der Waals surface area contributed by atoms with E-state index in [0.29, 0.717) is 28.6 Å². The molecule has 0 N–H and O–H groups in total. The predicted molar refractivity (Wildman–Crippen MR) is 138 cm³/mol. The molecule has 0 aromatic heterocycles. The topological polar surface area (TPSA) is 26.3 Å². The fraction of sp³-hybridized carbons (Fsp3) is 0.774. The second kappa shape index (κ2) is 9.38. The van der Waals surface area contributed by atoms with Crippen molar-refractivity contribution in [2.45, 2.75) is 112 Å². The molecule has 0 saturated heterocycles. The molecule has 0 aromatic rings. The van der Waals surface area contributed by atoms with Crippen molar-refractivity contribution in [1.82, 2.24) is 0 Å². The number of carbonyl (C=O) groups is 1. The number of fused-ring (bicyclic) bond motifs is 4. The summed E-state index contributed by atoms with van der Waals surface area (Å²) < 4.78 is 5.64. The van der Waals surface area contributed by atoms with Gasteiger partial charge in [0.1, 0.15) is 6.10 Å². The molecule has 0 aromatic carbocycles. The molecule has 0 bridgehead atoms. The van der Waals surface area contributed by atoms with Crippen LogP contribution in [0.3, 0.4) is 0 Å². The Labute approximate surface area is 203 Å². The van der Waals surface area contributed by atoms with Crippen molar-refractivity contribution in [3.05, 3.63) is 34.9 Å². The first kappa shape index (κ1) is 24.8. The third-order valence-electron chi connectivity index (χ3n) is 10.5. The Balaban J connectivity index is 1.51. The normalized spacial score (nSPS) is 39.2. The zero-order valence-electron chi connectivity index (χ0n) is 22.4. The summed E-state index contributed by atoms with van der Waals surface area (Å²) in [5, 5.41) is 0. The van der Waals surface area contributed by atoms with Gasteiger partial charge in [0.05, 0.1) is 0 Å². The Bertz CT molecular complexity index is 845. The van der Waals surface area contributed by atoms with E-state index in [1.807, 2.05) is 0 Å². The zero-order valence-corrected chi connectivity index (χ0v) is 22.4. The lowest BCUT2D eigenvalue weighted by atomic mass is 9.48. The predicted octanol–water partition coefficient (Wildman–Crippen LogP) is 8.44. The molecular formula is C31H48O2. The summed E-state index contributed by atoms with van der Waals surface area (Å²) in [6, 6.07) is 0. The van der Waals surface area contributed by atoms with E-state index in [1.54, 1.807) is 23.6 Å². The Morgan fingerprint density at radius 2 is 1.94 bits per heavy atom. The maximum Gasteiger partial charge on any atom is 0.302 e. The summed E-state index contributed by atoms with van der Waals surface area (Å²) >= 11 is 0. The van der Waals surface area contributed by atoms with Gasteiger partial charge in [-0.3, -0.25) is 4.79 Å². The largest absolute Gasteiger partial charge is 0.463 e. The monoisotopic (exact) mass is 452 g/mol. The van der Waals surface area contributed by atoms with Crippen LogP contribution in [0, 0.1) is 40.4 Å². The average molecular weight is 453 g/mol. The highest BCUT2D eigenvalue weighted by Gasteiger charge is 2.54. The quantitative estimate of drug-likeness (QED) is 0.298. The molecule has 2 heteroatoms. The van der Waals surface area contributed by atoms with Crippen molar-refractivity contribution < 1.29 is 9.53 Å². The summed E-state index contributed by atoms with van der Waals surface area (Å²) in [5.41, 5.74) is 5.85. The van der Waals surface area contributed by atoms with E-state index in [4.69, 9.17) is 4.74 Å². The standard InChI is InChI=1S/C31H48O2/c1-8-23(20(2)3)10-9-21(4)27-13-14-28-26-12-11-24-19-25(33-22(5)32)15-17-30(24,6)29(26)16-18-31(27,28)7/h8,13-14,20-21,24-25,27,29H,9-12,15-19H2,1-7H3/b23-8-/t21-,24-,25+,27+,29-,30+,31+/m1/s1. The SMILES string of the molecule is C/C=C(/CC[C@@H](C)[C@@H]1C=CC2=C3CC[C@@H]4C[C@@H](OC(C)=O)CC[C@]4(C)[C@@H]3CC[C@]21C)C(C)C. The number of ether oxygens (including phenoxy) is 1. The Hall–Kier alpha value is -1.31. The molecule has 0 radical (unpaired) electrons. The van der Waals surface area contributed by atoms with Gasteiger partial charge >= 0.3 is 5.97 Å². The van der Waals surface area contributed by atoms with Crippen LogP contribution in [0.4, 0.5) is 0 Å². The number of hydrogen-bond acceptors (Lipinski definition) is 2. The van der Waals surface area contributed by atoms with Gasteiger partial charge in [0.2, 0.25) is 0 Å². The molecule has 2 nitrogen and oxygen atoms in total. The van der Waals surface area contributed by atoms with Crippen molar-refractivity contribution in [2.75, 3.05) is 0 Å². The van der Waals surface area contributed by atoms with Crippen LogP contribution in [0.5, 0.6) is 0 Å². The van der Waals surface area contributed by atoms with Crippen LogP contribution in [-0.4, -0.2) is 12.1 Å². The highest BCUT2D eigenvalue weighted by Crippen LogP contribution is 2.64. The lowest BCUT2D eigenvalue weighted by molar-refractivity contribution is -0.152. The van der Waals surface area contributed by atoms with E-state index in [9.17, 15) is 4.79 Å². The molecule has 4 aliphatic rings. The van der Waals surface area contributed by atoms with Crippen molar-refractivity contribution in [3.8, 4) is 0 Å². The van der Waals surface area contributed by atoms with E-state index in [0.717, 1.165) is 24.7 Å². The fourth-order valence-corrected chi connectivity index (χ4v) is 8.52. The van der Waals surface area contributed by atoms with Crippen LogP contribution < -0.4 is 0 Å². The van der Waals surface area contributed by atoms with Gasteiger partial charge in [-0.2, -0.15) is 0 Å². The highest BCUT2D eigenvalue weighted by molar-refractivity contribution is 5.66. The number of hydrogen-bond donors (Lipinski definition) is 0. The third kappa shape index (κ3) is 4.41. The molecule has 2 saturated carbocycles. The Morgan fingerprint density at radius 1 is 1.18 bits per heavy atom.